The van der Waals surface area contributed by atoms with Crippen LogP contribution >= 0.6 is 24.8 Å². The zero-order valence-electron chi connectivity index (χ0n) is 14.8. The van der Waals surface area contributed by atoms with Crippen molar-refractivity contribution in [1.29, 1.82) is 0 Å². The minimum atomic E-state index is -0.326. The first-order chi connectivity index (χ1) is 11.2. The number of hydrogen-bond acceptors (Lipinski definition) is 5. The zero-order valence-corrected chi connectivity index (χ0v) is 16.5. The SMILES string of the molecule is COc1cc([C@H](CC2CC2)N2CCNCC2)ccc1OC(C)=O.Cl.Cl. The Balaban J connectivity index is 0.00000156. The Morgan fingerprint density at radius 2 is 1.92 bits per heavy atom. The summed E-state index contributed by atoms with van der Waals surface area (Å²) < 4.78 is 10.7. The van der Waals surface area contributed by atoms with Gasteiger partial charge < -0.3 is 14.8 Å². The number of rotatable bonds is 6. The Labute approximate surface area is 162 Å². The van der Waals surface area contributed by atoms with E-state index in [9.17, 15) is 4.79 Å². The van der Waals surface area contributed by atoms with Gasteiger partial charge in [0.05, 0.1) is 7.11 Å². The molecule has 1 aliphatic carbocycles. The third kappa shape index (κ3) is 6.03. The molecule has 7 heteroatoms. The van der Waals surface area contributed by atoms with Crippen LogP contribution in [0.3, 0.4) is 0 Å². The summed E-state index contributed by atoms with van der Waals surface area (Å²) in [4.78, 5) is 13.8. The maximum absolute atomic E-state index is 11.2. The molecule has 1 saturated heterocycles. The highest BCUT2D eigenvalue weighted by molar-refractivity contribution is 5.85. The summed E-state index contributed by atoms with van der Waals surface area (Å²) in [6.45, 7) is 5.65. The minimum Gasteiger partial charge on any atom is -0.493 e. The third-order valence-corrected chi connectivity index (χ3v) is 4.67. The summed E-state index contributed by atoms with van der Waals surface area (Å²) >= 11 is 0. The smallest absolute Gasteiger partial charge is 0.308 e. The molecule has 25 heavy (non-hydrogen) atoms. The van der Waals surface area contributed by atoms with Gasteiger partial charge in [0.2, 0.25) is 0 Å². The molecular weight excluding hydrogens is 363 g/mol. The Kier molecular flexibility index (Phi) is 9.00. The van der Waals surface area contributed by atoms with Gasteiger partial charge in [0, 0.05) is 39.1 Å². The molecule has 0 bridgehead atoms. The molecule has 0 amide bonds. The average molecular weight is 391 g/mol. The summed E-state index contributed by atoms with van der Waals surface area (Å²) in [5, 5.41) is 3.42. The van der Waals surface area contributed by atoms with Crippen LogP contribution in [0.1, 0.15) is 37.8 Å². The maximum Gasteiger partial charge on any atom is 0.308 e. The van der Waals surface area contributed by atoms with Crippen molar-refractivity contribution < 1.29 is 14.3 Å². The van der Waals surface area contributed by atoms with E-state index in [-0.39, 0.29) is 30.8 Å². The van der Waals surface area contributed by atoms with E-state index in [2.05, 4.69) is 16.3 Å². The Bertz CT molecular complexity index is 561. The van der Waals surface area contributed by atoms with Crippen LogP contribution in [-0.4, -0.2) is 44.2 Å². The van der Waals surface area contributed by atoms with E-state index >= 15 is 0 Å². The second-order valence-electron chi connectivity index (χ2n) is 6.48. The molecule has 1 heterocycles. The van der Waals surface area contributed by atoms with Gasteiger partial charge in [0.1, 0.15) is 0 Å². The Morgan fingerprint density at radius 3 is 2.48 bits per heavy atom. The largest absolute Gasteiger partial charge is 0.493 e. The van der Waals surface area contributed by atoms with Crippen LogP contribution in [0.25, 0.3) is 0 Å². The highest BCUT2D eigenvalue weighted by Gasteiger charge is 2.31. The molecule has 0 radical (unpaired) electrons. The van der Waals surface area contributed by atoms with E-state index in [1.54, 1.807) is 7.11 Å². The zero-order chi connectivity index (χ0) is 16.2. The van der Waals surface area contributed by atoms with Crippen molar-refractivity contribution in [1.82, 2.24) is 10.2 Å². The Hall–Kier alpha value is -1.01. The molecular formula is C18H28Cl2N2O3. The molecule has 0 aromatic heterocycles. The molecule has 142 valence electrons. The molecule has 0 unspecified atom stereocenters. The molecule has 1 N–H and O–H groups in total. The van der Waals surface area contributed by atoms with Gasteiger partial charge in [-0.1, -0.05) is 18.9 Å². The number of esters is 1. The molecule has 3 rings (SSSR count). The van der Waals surface area contributed by atoms with E-state index in [0.717, 1.165) is 32.1 Å². The number of nitrogens with zero attached hydrogens (tertiary/aromatic N) is 1. The normalized spacial score (nSPS) is 18.5. The predicted octanol–water partition coefficient (Wildman–Crippen LogP) is 3.21. The van der Waals surface area contributed by atoms with Gasteiger partial charge in [-0.3, -0.25) is 9.69 Å². The first-order valence-electron chi connectivity index (χ1n) is 8.48. The number of piperazine rings is 1. The van der Waals surface area contributed by atoms with Crippen LogP contribution in [0, 0.1) is 5.92 Å². The van der Waals surface area contributed by atoms with Crippen LogP contribution in [-0.2, 0) is 4.79 Å². The molecule has 2 fully saturated rings. The van der Waals surface area contributed by atoms with Gasteiger partial charge in [-0.2, -0.15) is 0 Å². The summed E-state index contributed by atoms with van der Waals surface area (Å²) in [6.07, 6.45) is 3.91. The third-order valence-electron chi connectivity index (χ3n) is 4.67. The van der Waals surface area contributed by atoms with Crippen LogP contribution < -0.4 is 14.8 Å². The molecule has 1 saturated carbocycles. The fraction of sp³-hybridized carbons (Fsp3) is 0.611. The van der Waals surface area contributed by atoms with Gasteiger partial charge in [-0.25, -0.2) is 0 Å². The summed E-state index contributed by atoms with van der Waals surface area (Å²) in [5.74, 6) is 1.66. The van der Waals surface area contributed by atoms with Crippen LogP contribution in [0.2, 0.25) is 0 Å². The lowest BCUT2D eigenvalue weighted by Gasteiger charge is -2.35. The van der Waals surface area contributed by atoms with E-state index in [4.69, 9.17) is 9.47 Å². The number of hydrogen-bond donors (Lipinski definition) is 1. The fourth-order valence-electron chi connectivity index (χ4n) is 3.29. The van der Waals surface area contributed by atoms with E-state index in [1.165, 1.54) is 31.7 Å². The molecule has 1 atom stereocenters. The number of nitrogens with one attached hydrogen (secondary N) is 1. The lowest BCUT2D eigenvalue weighted by atomic mass is 9.98. The standard InChI is InChI=1S/C18H26N2O3.2ClH/c1-13(21)23-17-6-5-15(12-18(17)22-2)16(11-14-3-4-14)20-9-7-19-8-10-20;;/h5-6,12,14,16,19H,3-4,7-11H2,1-2H3;2*1H/t16-;;/m0../s1. The predicted molar refractivity (Wildman–Crippen MR) is 103 cm³/mol. The lowest BCUT2D eigenvalue weighted by Crippen LogP contribution is -2.45. The number of carbonyl (C=O) groups is 1. The number of ether oxygens (including phenoxy) is 2. The summed E-state index contributed by atoms with van der Waals surface area (Å²) in [5.41, 5.74) is 1.26. The van der Waals surface area contributed by atoms with E-state index < -0.39 is 0 Å². The van der Waals surface area contributed by atoms with Crippen LogP contribution in [0.4, 0.5) is 0 Å². The minimum absolute atomic E-state index is 0. The van der Waals surface area contributed by atoms with Crippen molar-refractivity contribution in [3.8, 4) is 11.5 Å². The average Bonchev–Trinajstić information content (AvgIpc) is 3.37. The van der Waals surface area contributed by atoms with E-state index in [1.807, 2.05) is 12.1 Å². The number of methoxy groups -OCH3 is 1. The topological polar surface area (TPSA) is 50.8 Å². The number of carbonyl (C=O) groups excluding carboxylic acids is 1. The van der Waals surface area contributed by atoms with Gasteiger partial charge in [0.25, 0.3) is 0 Å². The summed E-state index contributed by atoms with van der Waals surface area (Å²) in [6, 6.07) is 6.39. The van der Waals surface area contributed by atoms with Gasteiger partial charge in [0.15, 0.2) is 11.5 Å². The van der Waals surface area contributed by atoms with Crippen LogP contribution in [0.15, 0.2) is 18.2 Å². The molecule has 1 aromatic rings. The Morgan fingerprint density at radius 1 is 1.24 bits per heavy atom. The summed E-state index contributed by atoms with van der Waals surface area (Å²) in [7, 11) is 1.62. The maximum atomic E-state index is 11.2. The van der Waals surface area contributed by atoms with Gasteiger partial charge in [-0.15, -0.1) is 24.8 Å². The van der Waals surface area contributed by atoms with Gasteiger partial charge >= 0.3 is 5.97 Å². The molecule has 1 aliphatic heterocycles. The molecule has 2 aliphatic rings. The second-order valence-corrected chi connectivity index (χ2v) is 6.48. The van der Waals surface area contributed by atoms with Crippen molar-refractivity contribution in [2.24, 2.45) is 5.92 Å². The molecule has 1 aromatic carbocycles. The van der Waals surface area contributed by atoms with E-state index in [0.29, 0.717) is 17.5 Å². The van der Waals surface area contributed by atoms with Gasteiger partial charge in [-0.05, 0) is 30.0 Å². The van der Waals surface area contributed by atoms with Crippen LogP contribution in [0.5, 0.6) is 11.5 Å². The van der Waals surface area contributed by atoms with Crippen molar-refractivity contribution in [3.05, 3.63) is 23.8 Å². The monoisotopic (exact) mass is 390 g/mol. The molecule has 5 nitrogen and oxygen atoms in total. The fourth-order valence-corrected chi connectivity index (χ4v) is 3.29. The first kappa shape index (κ1) is 22.0. The quantitative estimate of drug-likeness (QED) is 0.596. The molecule has 0 spiro atoms. The second kappa shape index (κ2) is 10.2. The first-order valence-corrected chi connectivity index (χ1v) is 8.48. The number of halogens is 2. The number of benzene rings is 1. The van der Waals surface area contributed by atoms with Crippen molar-refractivity contribution in [2.45, 2.75) is 32.2 Å². The lowest BCUT2D eigenvalue weighted by molar-refractivity contribution is -0.132. The highest BCUT2D eigenvalue weighted by Crippen LogP contribution is 2.41. The van der Waals surface area contributed by atoms with Crippen molar-refractivity contribution in [3.63, 3.8) is 0 Å². The van der Waals surface area contributed by atoms with Crippen molar-refractivity contribution in [2.75, 3.05) is 33.3 Å². The highest BCUT2D eigenvalue weighted by atomic mass is 35.5. The van der Waals surface area contributed by atoms with Crippen molar-refractivity contribution >= 4 is 30.8 Å².